The maximum Gasteiger partial charge on any atom is 0.356 e. The van der Waals surface area contributed by atoms with Crippen molar-refractivity contribution in [1.82, 2.24) is 9.78 Å². The number of carboxylic acid groups (broad SMARTS) is 1. The number of carbonyl (C=O) groups is 1. The third-order valence-corrected chi connectivity index (χ3v) is 3.08. The van der Waals surface area contributed by atoms with Gasteiger partial charge in [0, 0.05) is 24.6 Å². The second-order valence-corrected chi connectivity index (χ2v) is 4.36. The van der Waals surface area contributed by atoms with Gasteiger partial charge in [-0.25, -0.2) is 4.79 Å². The fourth-order valence-corrected chi connectivity index (χ4v) is 2.07. The standard InChI is InChI=1S/C14H12N2O4/c1-16-11(7-10(15-16)14(17)18)13-5-8-3-4-9(19-2)6-12(8)20-13/h3-7H,1-2H3,(H,17,18). The third kappa shape index (κ3) is 1.91. The van der Waals surface area contributed by atoms with Crippen LogP contribution in [0.25, 0.3) is 22.4 Å². The lowest BCUT2D eigenvalue weighted by atomic mass is 10.2. The van der Waals surface area contributed by atoms with Gasteiger partial charge < -0.3 is 14.3 Å². The molecule has 2 heterocycles. The number of methoxy groups -OCH3 is 1. The highest BCUT2D eigenvalue weighted by Crippen LogP contribution is 2.30. The fraction of sp³-hybridized carbons (Fsp3) is 0.143. The lowest BCUT2D eigenvalue weighted by Gasteiger charge is -1.97. The van der Waals surface area contributed by atoms with Gasteiger partial charge in [-0.1, -0.05) is 0 Å². The predicted octanol–water partition coefficient (Wildman–Crippen LogP) is 2.54. The van der Waals surface area contributed by atoms with Crippen molar-refractivity contribution in [2.45, 2.75) is 0 Å². The van der Waals surface area contributed by atoms with E-state index in [4.69, 9.17) is 14.3 Å². The Morgan fingerprint density at radius 3 is 2.80 bits per heavy atom. The molecule has 0 aliphatic heterocycles. The molecule has 3 rings (SSSR count). The van der Waals surface area contributed by atoms with Crippen molar-refractivity contribution in [1.29, 1.82) is 0 Å². The number of benzene rings is 1. The second kappa shape index (κ2) is 4.41. The number of hydrogen-bond acceptors (Lipinski definition) is 4. The van der Waals surface area contributed by atoms with Crippen LogP contribution in [0.15, 0.2) is 34.7 Å². The molecule has 0 radical (unpaired) electrons. The Morgan fingerprint density at radius 2 is 2.15 bits per heavy atom. The number of aromatic nitrogens is 2. The Kier molecular flexibility index (Phi) is 2.71. The van der Waals surface area contributed by atoms with Crippen LogP contribution in [0.3, 0.4) is 0 Å². The average Bonchev–Trinajstić information content (AvgIpc) is 3.00. The van der Waals surface area contributed by atoms with Crippen LogP contribution in [0.5, 0.6) is 5.75 Å². The van der Waals surface area contributed by atoms with Crippen molar-refractivity contribution < 1.29 is 19.1 Å². The van der Waals surface area contributed by atoms with Crippen LogP contribution in [0, 0.1) is 0 Å². The summed E-state index contributed by atoms with van der Waals surface area (Å²) in [6, 6.07) is 8.84. The normalized spacial score (nSPS) is 10.9. The van der Waals surface area contributed by atoms with E-state index in [0.717, 1.165) is 5.39 Å². The van der Waals surface area contributed by atoms with Gasteiger partial charge in [-0.15, -0.1) is 0 Å². The molecule has 2 aromatic heterocycles. The van der Waals surface area contributed by atoms with E-state index in [-0.39, 0.29) is 5.69 Å². The van der Waals surface area contributed by atoms with E-state index in [1.165, 1.54) is 10.7 Å². The van der Waals surface area contributed by atoms with Gasteiger partial charge in [0.05, 0.1) is 7.11 Å². The Bertz CT molecular complexity index is 801. The molecule has 0 aliphatic carbocycles. The molecule has 1 aromatic carbocycles. The number of carboxylic acids is 1. The monoisotopic (exact) mass is 272 g/mol. The van der Waals surface area contributed by atoms with Gasteiger partial charge in [-0.3, -0.25) is 4.68 Å². The van der Waals surface area contributed by atoms with Crippen molar-refractivity contribution in [2.75, 3.05) is 7.11 Å². The number of aryl methyl sites for hydroxylation is 1. The molecule has 0 unspecified atom stereocenters. The highest BCUT2D eigenvalue weighted by atomic mass is 16.5. The topological polar surface area (TPSA) is 77.5 Å². The average molecular weight is 272 g/mol. The van der Waals surface area contributed by atoms with E-state index in [9.17, 15) is 4.79 Å². The summed E-state index contributed by atoms with van der Waals surface area (Å²) in [6.07, 6.45) is 0. The fourth-order valence-electron chi connectivity index (χ4n) is 2.07. The largest absolute Gasteiger partial charge is 0.497 e. The number of furan rings is 1. The molecule has 0 bridgehead atoms. The van der Waals surface area contributed by atoms with Crippen molar-refractivity contribution >= 4 is 16.9 Å². The highest BCUT2D eigenvalue weighted by molar-refractivity contribution is 5.88. The van der Waals surface area contributed by atoms with Gasteiger partial charge >= 0.3 is 5.97 Å². The number of aromatic carboxylic acids is 1. The number of rotatable bonds is 3. The molecule has 20 heavy (non-hydrogen) atoms. The summed E-state index contributed by atoms with van der Waals surface area (Å²) in [6.45, 7) is 0. The zero-order valence-electron chi connectivity index (χ0n) is 11.0. The van der Waals surface area contributed by atoms with Gasteiger partial charge in [-0.2, -0.15) is 5.10 Å². The van der Waals surface area contributed by atoms with E-state index < -0.39 is 5.97 Å². The third-order valence-electron chi connectivity index (χ3n) is 3.08. The first-order valence-electron chi connectivity index (χ1n) is 5.94. The van der Waals surface area contributed by atoms with Crippen molar-refractivity contribution in [3.8, 4) is 17.2 Å². The van der Waals surface area contributed by atoms with Crippen molar-refractivity contribution in [3.05, 3.63) is 36.0 Å². The Labute approximate surface area is 114 Å². The summed E-state index contributed by atoms with van der Waals surface area (Å²) in [5, 5.41) is 13.8. The first kappa shape index (κ1) is 12.3. The van der Waals surface area contributed by atoms with Crippen LogP contribution in [-0.2, 0) is 7.05 Å². The summed E-state index contributed by atoms with van der Waals surface area (Å²) in [5.41, 5.74) is 1.27. The molecule has 0 atom stereocenters. The van der Waals surface area contributed by atoms with Crippen LogP contribution in [0.2, 0.25) is 0 Å². The quantitative estimate of drug-likeness (QED) is 0.792. The smallest absolute Gasteiger partial charge is 0.356 e. The van der Waals surface area contributed by atoms with Gasteiger partial charge in [0.2, 0.25) is 0 Å². The summed E-state index contributed by atoms with van der Waals surface area (Å²) in [5.74, 6) is 0.204. The summed E-state index contributed by atoms with van der Waals surface area (Å²) in [7, 11) is 3.26. The van der Waals surface area contributed by atoms with Crippen LogP contribution in [0.1, 0.15) is 10.5 Å². The van der Waals surface area contributed by atoms with Crippen molar-refractivity contribution in [2.24, 2.45) is 7.05 Å². The number of nitrogens with zero attached hydrogens (tertiary/aromatic N) is 2. The van der Waals surface area contributed by atoms with E-state index in [0.29, 0.717) is 22.8 Å². The minimum Gasteiger partial charge on any atom is -0.497 e. The number of ether oxygens (including phenoxy) is 1. The summed E-state index contributed by atoms with van der Waals surface area (Å²) in [4.78, 5) is 10.9. The van der Waals surface area contributed by atoms with Crippen LogP contribution in [0.4, 0.5) is 0 Å². The summed E-state index contributed by atoms with van der Waals surface area (Å²) >= 11 is 0. The van der Waals surface area contributed by atoms with Gasteiger partial charge in [0.25, 0.3) is 0 Å². The Balaban J connectivity index is 2.12. The molecular weight excluding hydrogens is 260 g/mol. The van der Waals surface area contributed by atoms with Crippen LogP contribution in [-0.4, -0.2) is 28.0 Å². The number of hydrogen-bond donors (Lipinski definition) is 1. The SMILES string of the molecule is COc1ccc2cc(-c3cc(C(=O)O)nn3C)oc2c1. The first-order chi connectivity index (χ1) is 9.58. The molecular formula is C14H12N2O4. The molecule has 6 nitrogen and oxygen atoms in total. The molecule has 0 fully saturated rings. The lowest BCUT2D eigenvalue weighted by Crippen LogP contribution is -1.99. The number of fused-ring (bicyclic) bond motifs is 1. The molecule has 102 valence electrons. The Morgan fingerprint density at radius 1 is 1.35 bits per heavy atom. The van der Waals surface area contributed by atoms with E-state index in [1.807, 2.05) is 18.2 Å². The zero-order valence-corrected chi connectivity index (χ0v) is 11.0. The van der Waals surface area contributed by atoms with Gasteiger partial charge in [0.1, 0.15) is 17.0 Å². The molecule has 0 spiro atoms. The minimum absolute atomic E-state index is 0.0134. The predicted molar refractivity (Wildman–Crippen MR) is 71.9 cm³/mol. The zero-order chi connectivity index (χ0) is 14.3. The van der Waals surface area contributed by atoms with E-state index in [1.54, 1.807) is 20.2 Å². The molecule has 0 aliphatic rings. The molecule has 1 N–H and O–H groups in total. The molecule has 0 saturated heterocycles. The molecule has 3 aromatic rings. The molecule has 6 heteroatoms. The maximum absolute atomic E-state index is 10.9. The van der Waals surface area contributed by atoms with Crippen LogP contribution < -0.4 is 4.74 Å². The first-order valence-corrected chi connectivity index (χ1v) is 5.94. The van der Waals surface area contributed by atoms with Gasteiger partial charge in [0.15, 0.2) is 11.5 Å². The van der Waals surface area contributed by atoms with Crippen LogP contribution >= 0.6 is 0 Å². The van der Waals surface area contributed by atoms with Gasteiger partial charge in [-0.05, 0) is 18.2 Å². The Hall–Kier alpha value is -2.76. The molecule has 0 amide bonds. The molecule has 0 saturated carbocycles. The summed E-state index contributed by atoms with van der Waals surface area (Å²) < 4.78 is 12.4. The maximum atomic E-state index is 10.9. The highest BCUT2D eigenvalue weighted by Gasteiger charge is 2.16. The second-order valence-electron chi connectivity index (χ2n) is 4.36. The van der Waals surface area contributed by atoms with E-state index in [2.05, 4.69) is 5.10 Å². The van der Waals surface area contributed by atoms with Crippen molar-refractivity contribution in [3.63, 3.8) is 0 Å². The van der Waals surface area contributed by atoms with E-state index >= 15 is 0 Å². The minimum atomic E-state index is -1.07. The lowest BCUT2D eigenvalue weighted by molar-refractivity contribution is 0.0689.